The fourth-order valence-corrected chi connectivity index (χ4v) is 4.21. The molecule has 1 aromatic heterocycles. The summed E-state index contributed by atoms with van der Waals surface area (Å²) in [7, 11) is 0. The van der Waals surface area contributed by atoms with Crippen LogP contribution in [0, 0.1) is 0 Å². The van der Waals surface area contributed by atoms with Crippen LogP contribution in [0.25, 0.3) is 0 Å². The molecule has 29 heavy (non-hydrogen) atoms. The van der Waals surface area contributed by atoms with Gasteiger partial charge in [0.05, 0.1) is 0 Å². The summed E-state index contributed by atoms with van der Waals surface area (Å²) in [5.41, 5.74) is 10.0. The van der Waals surface area contributed by atoms with Crippen LogP contribution in [0.5, 0.6) is 0 Å². The van der Waals surface area contributed by atoms with Crippen LogP contribution in [0.15, 0.2) is 48.3 Å². The van der Waals surface area contributed by atoms with Crippen LogP contribution in [0.2, 0.25) is 0 Å². The van der Waals surface area contributed by atoms with Crippen molar-refractivity contribution in [3.63, 3.8) is 0 Å². The Morgan fingerprint density at radius 3 is 2.59 bits per heavy atom. The minimum Gasteiger partial charge on any atom is -0.393 e. The number of nitrogen functional groups attached to an aromatic ring is 1. The summed E-state index contributed by atoms with van der Waals surface area (Å²) >= 11 is 0. The number of hydrogen-bond donors (Lipinski definition) is 2. The van der Waals surface area contributed by atoms with Crippen molar-refractivity contribution < 1.29 is 0 Å². The van der Waals surface area contributed by atoms with Gasteiger partial charge < -0.3 is 16.0 Å². The minimum atomic E-state index is 0.668. The van der Waals surface area contributed by atoms with E-state index in [1.54, 1.807) is 11.9 Å². The number of nitrogens with two attached hydrogens (primary N) is 1. The molecule has 1 aromatic carbocycles. The average molecular weight is 393 g/mol. The third-order valence-electron chi connectivity index (χ3n) is 5.91. The maximum atomic E-state index is 6.43. The van der Waals surface area contributed by atoms with Crippen molar-refractivity contribution in [1.82, 2.24) is 14.9 Å². The Bertz CT molecular complexity index is 811. The second kappa shape index (κ2) is 9.74. The smallest absolute Gasteiger partial charge is 0.157 e. The molecule has 1 saturated heterocycles. The molecule has 2 heterocycles. The van der Waals surface area contributed by atoms with Crippen molar-refractivity contribution >= 4 is 17.3 Å². The van der Waals surface area contributed by atoms with Gasteiger partial charge in [-0.1, -0.05) is 42.0 Å². The van der Waals surface area contributed by atoms with Crippen LogP contribution in [0.4, 0.5) is 17.3 Å². The molecule has 0 atom stereocenters. The highest BCUT2D eigenvalue weighted by atomic mass is 15.3. The van der Waals surface area contributed by atoms with E-state index in [9.17, 15) is 0 Å². The zero-order chi connectivity index (χ0) is 19.9. The van der Waals surface area contributed by atoms with Crippen LogP contribution in [0.1, 0.15) is 37.7 Å². The van der Waals surface area contributed by atoms with Crippen LogP contribution in [-0.2, 0) is 6.54 Å². The van der Waals surface area contributed by atoms with Crippen molar-refractivity contribution in [1.29, 1.82) is 0 Å². The van der Waals surface area contributed by atoms with Gasteiger partial charge in [-0.2, -0.15) is 0 Å². The first kappa shape index (κ1) is 19.7. The molecular weight excluding hydrogens is 360 g/mol. The number of benzene rings is 1. The zero-order valence-corrected chi connectivity index (χ0v) is 17.2. The Morgan fingerprint density at radius 1 is 1.00 bits per heavy atom. The lowest BCUT2D eigenvalue weighted by atomic mass is 9.97. The Kier molecular flexibility index (Phi) is 6.62. The van der Waals surface area contributed by atoms with E-state index in [-0.39, 0.29) is 0 Å². The van der Waals surface area contributed by atoms with Gasteiger partial charge in [0.2, 0.25) is 0 Å². The molecule has 4 rings (SSSR count). The van der Waals surface area contributed by atoms with E-state index in [0.29, 0.717) is 5.69 Å². The molecule has 6 nitrogen and oxygen atoms in total. The molecule has 0 radical (unpaired) electrons. The summed E-state index contributed by atoms with van der Waals surface area (Å²) < 4.78 is 0. The van der Waals surface area contributed by atoms with Gasteiger partial charge >= 0.3 is 0 Å². The Balaban J connectivity index is 1.31. The van der Waals surface area contributed by atoms with Crippen molar-refractivity contribution in [3.8, 4) is 0 Å². The molecule has 1 aliphatic heterocycles. The first-order valence-corrected chi connectivity index (χ1v) is 10.8. The highest BCUT2D eigenvalue weighted by molar-refractivity contribution is 5.75. The van der Waals surface area contributed by atoms with Crippen molar-refractivity contribution in [2.45, 2.75) is 38.6 Å². The lowest BCUT2D eigenvalue weighted by Crippen LogP contribution is -2.46. The molecule has 0 bridgehead atoms. The van der Waals surface area contributed by atoms with Crippen LogP contribution >= 0.6 is 0 Å². The lowest BCUT2D eigenvalue weighted by Gasteiger charge is -2.36. The third kappa shape index (κ3) is 5.26. The first-order valence-electron chi connectivity index (χ1n) is 10.8. The molecule has 1 fully saturated rings. The van der Waals surface area contributed by atoms with Crippen molar-refractivity contribution in [3.05, 3.63) is 53.9 Å². The SMILES string of the molecule is Nc1c(NCCC2=CCCCC2)ncnc1N1CCN(Cc2ccccc2)CC1. The second-order valence-corrected chi connectivity index (χ2v) is 7.99. The molecule has 2 aliphatic rings. The van der Waals surface area contributed by atoms with Crippen molar-refractivity contribution in [2.24, 2.45) is 0 Å². The third-order valence-corrected chi connectivity index (χ3v) is 5.91. The fraction of sp³-hybridized carbons (Fsp3) is 0.478. The summed E-state index contributed by atoms with van der Waals surface area (Å²) in [6, 6.07) is 10.7. The van der Waals surface area contributed by atoms with E-state index < -0.39 is 0 Å². The summed E-state index contributed by atoms with van der Waals surface area (Å²) in [6.07, 6.45) is 10.2. The largest absolute Gasteiger partial charge is 0.393 e. The predicted octanol–water partition coefficient (Wildman–Crippen LogP) is 3.68. The molecule has 0 amide bonds. The molecule has 0 spiro atoms. The van der Waals surface area contributed by atoms with Gasteiger partial charge in [-0.15, -0.1) is 0 Å². The monoisotopic (exact) mass is 392 g/mol. The van der Waals surface area contributed by atoms with Gasteiger partial charge in [-0.3, -0.25) is 4.90 Å². The normalized spacial score (nSPS) is 17.8. The maximum absolute atomic E-state index is 6.43. The van der Waals surface area contributed by atoms with Gasteiger partial charge in [0.25, 0.3) is 0 Å². The van der Waals surface area contributed by atoms with Gasteiger partial charge in [0, 0.05) is 39.3 Å². The minimum absolute atomic E-state index is 0.668. The molecule has 0 saturated carbocycles. The Morgan fingerprint density at radius 2 is 1.83 bits per heavy atom. The summed E-state index contributed by atoms with van der Waals surface area (Å²) in [4.78, 5) is 13.6. The molecule has 0 unspecified atom stereocenters. The van der Waals surface area contributed by atoms with E-state index in [2.05, 4.69) is 61.5 Å². The van der Waals surface area contributed by atoms with E-state index in [1.807, 2.05) is 0 Å². The van der Waals surface area contributed by atoms with Gasteiger partial charge in [0.15, 0.2) is 11.6 Å². The predicted molar refractivity (Wildman–Crippen MR) is 120 cm³/mol. The summed E-state index contributed by atoms with van der Waals surface area (Å²) in [5, 5.41) is 3.43. The number of rotatable bonds is 7. The highest BCUT2D eigenvalue weighted by Crippen LogP contribution is 2.27. The molecule has 6 heteroatoms. The zero-order valence-electron chi connectivity index (χ0n) is 17.2. The number of hydrogen-bond acceptors (Lipinski definition) is 6. The number of nitrogens with one attached hydrogen (secondary N) is 1. The Hall–Kier alpha value is -2.60. The van der Waals surface area contributed by atoms with Gasteiger partial charge in [-0.25, -0.2) is 9.97 Å². The summed E-state index contributed by atoms with van der Waals surface area (Å²) in [5.74, 6) is 1.62. The van der Waals surface area contributed by atoms with Gasteiger partial charge in [-0.05, 0) is 37.7 Å². The Labute approximate surface area is 173 Å². The molecule has 154 valence electrons. The number of nitrogens with zero attached hydrogens (tertiary/aromatic N) is 4. The first-order chi connectivity index (χ1) is 14.3. The van der Waals surface area contributed by atoms with Crippen molar-refractivity contribution in [2.75, 3.05) is 48.7 Å². The lowest BCUT2D eigenvalue weighted by molar-refractivity contribution is 0.249. The number of aromatic nitrogens is 2. The molecule has 3 N–H and O–H groups in total. The molecular formula is C23H32N6. The van der Waals surface area contributed by atoms with Gasteiger partial charge in [0.1, 0.15) is 12.0 Å². The van der Waals surface area contributed by atoms with Crippen LogP contribution in [-0.4, -0.2) is 47.6 Å². The van der Waals surface area contributed by atoms with E-state index >= 15 is 0 Å². The molecule has 1 aliphatic carbocycles. The topological polar surface area (TPSA) is 70.3 Å². The molecule has 2 aromatic rings. The fourth-order valence-electron chi connectivity index (χ4n) is 4.21. The number of allylic oxidation sites excluding steroid dienone is 1. The summed E-state index contributed by atoms with van der Waals surface area (Å²) in [6.45, 7) is 5.75. The maximum Gasteiger partial charge on any atom is 0.157 e. The van der Waals surface area contributed by atoms with E-state index in [1.165, 1.54) is 31.2 Å². The number of piperazine rings is 1. The van der Waals surface area contributed by atoms with E-state index in [4.69, 9.17) is 5.73 Å². The van der Waals surface area contributed by atoms with Crippen LogP contribution in [0.3, 0.4) is 0 Å². The standard InChI is InChI=1S/C23H32N6/c24-21-22(25-12-11-19-7-3-1-4-8-19)26-18-27-23(21)29-15-13-28(14-16-29)17-20-9-5-2-6-10-20/h2,5-7,9-10,18H,1,3-4,8,11-17,24H2,(H,25,26,27). The second-order valence-electron chi connectivity index (χ2n) is 7.99. The number of anilines is 3. The van der Waals surface area contributed by atoms with E-state index in [0.717, 1.165) is 57.3 Å². The van der Waals surface area contributed by atoms with Crippen LogP contribution < -0.4 is 16.0 Å². The highest BCUT2D eigenvalue weighted by Gasteiger charge is 2.21. The quantitative estimate of drug-likeness (QED) is 0.701. The average Bonchev–Trinajstić information content (AvgIpc) is 2.77.